The van der Waals surface area contributed by atoms with E-state index < -0.39 is 15.7 Å². The number of carbonyl (C=O) groups is 1. The quantitative estimate of drug-likeness (QED) is 0.431. The normalized spacial score (nSPS) is 17.5. The minimum atomic E-state index is -3.10. The van der Waals surface area contributed by atoms with Crippen LogP contribution < -0.4 is 5.32 Å². The molecule has 1 fully saturated rings. The summed E-state index contributed by atoms with van der Waals surface area (Å²) in [6, 6.07) is 19.0. The third kappa shape index (κ3) is 7.35. The highest BCUT2D eigenvalue weighted by molar-refractivity contribution is 7.99. The highest BCUT2D eigenvalue weighted by atomic mass is 32.2. The molecule has 0 aliphatic carbocycles. The van der Waals surface area contributed by atoms with Gasteiger partial charge in [-0.2, -0.15) is 5.26 Å². The van der Waals surface area contributed by atoms with Crippen LogP contribution in [-0.4, -0.2) is 68.9 Å². The molecule has 1 atom stereocenters. The van der Waals surface area contributed by atoms with Crippen LogP contribution in [0.15, 0.2) is 76.2 Å². The fourth-order valence-electron chi connectivity index (χ4n) is 3.47. The van der Waals surface area contributed by atoms with Gasteiger partial charge in [0.25, 0.3) is 5.91 Å². The molecule has 174 valence electrons. The van der Waals surface area contributed by atoms with E-state index in [1.54, 1.807) is 6.07 Å². The Bertz CT molecular complexity index is 1140. The highest BCUT2D eigenvalue weighted by Crippen LogP contribution is 2.33. The Hall–Kier alpha value is -2.80. The van der Waals surface area contributed by atoms with Gasteiger partial charge >= 0.3 is 0 Å². The van der Waals surface area contributed by atoms with Crippen LogP contribution in [0.2, 0.25) is 0 Å². The summed E-state index contributed by atoms with van der Waals surface area (Å²) in [5, 5.41) is 12.6. The first-order valence-electron chi connectivity index (χ1n) is 10.6. The van der Waals surface area contributed by atoms with Gasteiger partial charge in [0, 0.05) is 35.1 Å². The number of nitrogens with zero attached hydrogens (tertiary/aromatic N) is 3. The molecule has 1 amide bonds. The van der Waals surface area contributed by atoms with Crippen molar-refractivity contribution < 1.29 is 13.2 Å². The molecule has 0 spiro atoms. The molecule has 2 aromatic carbocycles. The first-order valence-corrected chi connectivity index (χ1v) is 13.3. The first-order chi connectivity index (χ1) is 15.8. The van der Waals surface area contributed by atoms with Crippen LogP contribution in [0.3, 0.4) is 0 Å². The molecule has 2 aromatic rings. The Morgan fingerprint density at radius 1 is 1.15 bits per heavy atom. The molecule has 7 nitrogen and oxygen atoms in total. The Morgan fingerprint density at radius 2 is 1.85 bits per heavy atom. The van der Waals surface area contributed by atoms with Crippen LogP contribution in [-0.2, 0) is 14.6 Å². The summed E-state index contributed by atoms with van der Waals surface area (Å²) in [6.45, 7) is 1.19. The molecule has 1 aliphatic heterocycles. The van der Waals surface area contributed by atoms with Crippen molar-refractivity contribution >= 4 is 33.2 Å². The van der Waals surface area contributed by atoms with Crippen molar-refractivity contribution in [3.8, 4) is 6.07 Å². The number of likely N-dealkylation sites (N-methyl/N-ethyl adjacent to an activating group) is 1. The van der Waals surface area contributed by atoms with Crippen LogP contribution in [0.1, 0.15) is 6.42 Å². The maximum Gasteiger partial charge on any atom is 0.267 e. The average molecular weight is 485 g/mol. The fourth-order valence-corrected chi connectivity index (χ4v) is 6.14. The van der Waals surface area contributed by atoms with Crippen molar-refractivity contribution in [1.82, 2.24) is 9.80 Å². The van der Waals surface area contributed by atoms with Crippen LogP contribution in [0, 0.1) is 11.3 Å². The second-order valence-electron chi connectivity index (χ2n) is 8.12. The van der Waals surface area contributed by atoms with Crippen molar-refractivity contribution in [2.24, 2.45) is 0 Å². The molecular formula is C24H28N4O3S2. The van der Waals surface area contributed by atoms with E-state index in [1.165, 1.54) is 18.0 Å². The predicted molar refractivity (Wildman–Crippen MR) is 132 cm³/mol. The van der Waals surface area contributed by atoms with Gasteiger partial charge in [0.2, 0.25) is 0 Å². The molecule has 0 aromatic heterocycles. The minimum Gasteiger partial charge on any atom is -0.371 e. The number of sulfone groups is 1. The number of amides is 1. The summed E-state index contributed by atoms with van der Waals surface area (Å²) in [6.07, 6.45) is 2.00. The van der Waals surface area contributed by atoms with Crippen molar-refractivity contribution in [2.75, 3.05) is 44.0 Å². The number of hydrogen-bond acceptors (Lipinski definition) is 7. The maximum atomic E-state index is 13.0. The Labute approximate surface area is 200 Å². The summed E-state index contributed by atoms with van der Waals surface area (Å²) in [5.74, 6) is -0.357. The number of nitriles is 1. The Balaban J connectivity index is 1.80. The number of para-hydroxylation sites is 1. The van der Waals surface area contributed by atoms with E-state index in [0.29, 0.717) is 25.2 Å². The standard InChI is InChI=1S/C24H28N4O3S2/c1-27(2)13-14-28(20-12-15-33(30,31)18-20)17-19(16-25)24(29)26-22-10-6-7-11-23(22)32-21-8-4-3-5-9-21/h3-11,17,20H,12-15,18H2,1-2H3,(H,26,29)/b19-17-. The zero-order chi connectivity index (χ0) is 23.8. The van der Waals surface area contributed by atoms with E-state index in [2.05, 4.69) is 5.32 Å². The summed E-state index contributed by atoms with van der Waals surface area (Å²) >= 11 is 1.52. The summed E-state index contributed by atoms with van der Waals surface area (Å²) in [5.41, 5.74) is 0.554. The van der Waals surface area contributed by atoms with Crippen LogP contribution in [0.5, 0.6) is 0 Å². The summed E-state index contributed by atoms with van der Waals surface area (Å²) in [7, 11) is 0.750. The van der Waals surface area contributed by atoms with Crippen LogP contribution >= 0.6 is 11.8 Å². The van der Waals surface area contributed by atoms with Gasteiger partial charge in [-0.1, -0.05) is 42.1 Å². The number of nitrogens with one attached hydrogen (secondary N) is 1. The topological polar surface area (TPSA) is 93.5 Å². The van der Waals surface area contributed by atoms with Gasteiger partial charge in [-0.15, -0.1) is 0 Å². The van der Waals surface area contributed by atoms with Crippen LogP contribution in [0.4, 0.5) is 5.69 Å². The van der Waals surface area contributed by atoms with Crippen molar-refractivity contribution in [1.29, 1.82) is 5.26 Å². The number of rotatable bonds is 9. The number of hydrogen-bond donors (Lipinski definition) is 1. The molecule has 1 heterocycles. The lowest BCUT2D eigenvalue weighted by Crippen LogP contribution is -2.37. The lowest BCUT2D eigenvalue weighted by Gasteiger charge is -2.28. The number of carbonyl (C=O) groups excluding carboxylic acids is 1. The summed E-state index contributed by atoms with van der Waals surface area (Å²) < 4.78 is 24.0. The molecule has 3 rings (SSSR count). The van der Waals surface area contributed by atoms with E-state index in [-0.39, 0.29) is 23.1 Å². The molecule has 0 saturated carbocycles. The van der Waals surface area contributed by atoms with Crippen molar-refractivity contribution in [2.45, 2.75) is 22.3 Å². The maximum absolute atomic E-state index is 13.0. The Morgan fingerprint density at radius 3 is 2.48 bits per heavy atom. The van der Waals surface area contributed by atoms with E-state index >= 15 is 0 Å². The molecule has 1 N–H and O–H groups in total. The molecule has 1 saturated heterocycles. The Kier molecular flexibility index (Phi) is 8.55. The third-order valence-electron chi connectivity index (χ3n) is 5.25. The van der Waals surface area contributed by atoms with Crippen molar-refractivity contribution in [3.63, 3.8) is 0 Å². The van der Waals surface area contributed by atoms with Crippen molar-refractivity contribution in [3.05, 3.63) is 66.4 Å². The smallest absolute Gasteiger partial charge is 0.267 e. The fraction of sp³-hybridized carbons (Fsp3) is 0.333. The van der Waals surface area contributed by atoms with E-state index in [0.717, 1.165) is 9.79 Å². The van der Waals surface area contributed by atoms with Gasteiger partial charge in [-0.3, -0.25) is 4.79 Å². The van der Waals surface area contributed by atoms with E-state index in [4.69, 9.17) is 0 Å². The zero-order valence-corrected chi connectivity index (χ0v) is 20.4. The monoisotopic (exact) mass is 484 g/mol. The van der Waals surface area contributed by atoms with Gasteiger partial charge in [0.15, 0.2) is 9.84 Å². The third-order valence-corrected chi connectivity index (χ3v) is 8.08. The molecule has 0 radical (unpaired) electrons. The van der Waals surface area contributed by atoms with Crippen LogP contribution in [0.25, 0.3) is 0 Å². The minimum absolute atomic E-state index is 0.0355. The SMILES string of the molecule is CN(C)CCN(/C=C(/C#N)C(=O)Nc1ccccc1Sc1ccccc1)C1CCS(=O)(=O)C1. The lowest BCUT2D eigenvalue weighted by molar-refractivity contribution is -0.112. The molecule has 0 bridgehead atoms. The highest BCUT2D eigenvalue weighted by Gasteiger charge is 2.31. The largest absolute Gasteiger partial charge is 0.371 e. The molecule has 33 heavy (non-hydrogen) atoms. The van der Waals surface area contributed by atoms with Gasteiger partial charge < -0.3 is 15.1 Å². The number of anilines is 1. The second kappa shape index (κ2) is 11.4. The van der Waals surface area contributed by atoms with Gasteiger partial charge in [-0.25, -0.2) is 8.42 Å². The zero-order valence-electron chi connectivity index (χ0n) is 18.8. The lowest BCUT2D eigenvalue weighted by atomic mass is 10.2. The van der Waals surface area contributed by atoms with Gasteiger partial charge in [0.1, 0.15) is 11.6 Å². The van der Waals surface area contributed by atoms with E-state index in [9.17, 15) is 18.5 Å². The molecular weight excluding hydrogens is 456 g/mol. The number of benzene rings is 2. The first kappa shape index (κ1) is 24.8. The van der Waals surface area contributed by atoms with Gasteiger partial charge in [-0.05, 0) is 44.8 Å². The summed E-state index contributed by atoms with van der Waals surface area (Å²) in [4.78, 5) is 18.7. The molecule has 1 unspecified atom stereocenters. The molecule has 1 aliphatic rings. The van der Waals surface area contributed by atoms with Gasteiger partial charge in [0.05, 0.1) is 17.2 Å². The molecule has 9 heteroatoms. The predicted octanol–water partition coefficient (Wildman–Crippen LogP) is 3.23. The van der Waals surface area contributed by atoms with E-state index in [1.807, 2.05) is 78.5 Å². The average Bonchev–Trinajstić information content (AvgIpc) is 3.15. The second-order valence-corrected chi connectivity index (χ2v) is 11.5.